The number of halogens is 2. The lowest BCUT2D eigenvalue weighted by Gasteiger charge is -2.17. The van der Waals surface area contributed by atoms with Gasteiger partial charge in [-0.15, -0.1) is 0 Å². The summed E-state index contributed by atoms with van der Waals surface area (Å²) in [6, 6.07) is 7.45. The number of aromatic amines is 1. The van der Waals surface area contributed by atoms with Gasteiger partial charge in [-0.05, 0) is 37.1 Å². The number of carbonyl (C=O) groups excluding carboxylic acids is 1. The van der Waals surface area contributed by atoms with Gasteiger partial charge in [-0.1, -0.05) is 35.3 Å². The van der Waals surface area contributed by atoms with Crippen LogP contribution < -0.4 is 15.4 Å². The number of fused-ring (bicyclic) bond motifs is 1. The zero-order chi connectivity index (χ0) is 28.2. The molecule has 39 heavy (non-hydrogen) atoms. The smallest absolute Gasteiger partial charge is 0.323 e. The van der Waals surface area contributed by atoms with Crippen molar-refractivity contribution in [2.24, 2.45) is 7.05 Å². The molecule has 4 rings (SSSR count). The second-order valence-corrected chi connectivity index (χ2v) is 11.0. The number of hydrogen-bond acceptors (Lipinski definition) is 7. The predicted molar refractivity (Wildman–Crippen MR) is 147 cm³/mol. The molecule has 206 valence electrons. The number of amides is 1. The van der Waals surface area contributed by atoms with Crippen LogP contribution in [0.3, 0.4) is 0 Å². The van der Waals surface area contributed by atoms with Gasteiger partial charge in [-0.25, -0.2) is 13.4 Å². The monoisotopic (exact) mass is 593 g/mol. The van der Waals surface area contributed by atoms with Gasteiger partial charge < -0.3 is 20.7 Å². The summed E-state index contributed by atoms with van der Waals surface area (Å²) in [7, 11) is -2.63. The molecule has 0 fully saturated rings. The Balaban J connectivity index is 1.41. The molecule has 0 radical (unpaired) electrons. The van der Waals surface area contributed by atoms with Crippen LogP contribution in [0.25, 0.3) is 10.9 Å². The third kappa shape index (κ3) is 6.68. The van der Waals surface area contributed by atoms with Crippen molar-refractivity contribution in [2.75, 3.05) is 18.4 Å². The van der Waals surface area contributed by atoms with Crippen LogP contribution >= 0.6 is 23.2 Å². The molecule has 15 heteroatoms. The number of aliphatic carboxylic acids is 1. The van der Waals surface area contributed by atoms with Crippen LogP contribution in [-0.4, -0.2) is 64.3 Å². The minimum atomic E-state index is -4.40. The summed E-state index contributed by atoms with van der Waals surface area (Å²) in [6.45, 7) is 0.177. The van der Waals surface area contributed by atoms with Gasteiger partial charge in [0.1, 0.15) is 10.9 Å². The largest absolute Gasteiger partial charge is 0.480 e. The lowest BCUT2D eigenvalue weighted by atomic mass is 10.1. The molecule has 1 atom stereocenters. The highest BCUT2D eigenvalue weighted by atomic mass is 35.5. The van der Waals surface area contributed by atoms with Gasteiger partial charge in [-0.2, -0.15) is 9.82 Å². The molecule has 0 aliphatic carbocycles. The van der Waals surface area contributed by atoms with Crippen LogP contribution in [0.4, 0.5) is 5.95 Å². The van der Waals surface area contributed by atoms with E-state index in [1.807, 2.05) is 4.72 Å². The fraction of sp³-hybridized carbons (Fsp3) is 0.250. The van der Waals surface area contributed by atoms with Gasteiger partial charge in [0, 0.05) is 43.5 Å². The molecule has 0 bridgehead atoms. The first-order valence-electron chi connectivity index (χ1n) is 11.7. The Morgan fingerprint density at radius 1 is 1.18 bits per heavy atom. The lowest BCUT2D eigenvalue weighted by molar-refractivity contribution is -0.138. The number of H-pyrrole nitrogens is 1. The second kappa shape index (κ2) is 12.0. The maximum Gasteiger partial charge on any atom is 0.323 e. The number of anilines is 1. The average Bonchev–Trinajstić information content (AvgIpc) is 3.51. The van der Waals surface area contributed by atoms with E-state index in [0.29, 0.717) is 18.9 Å². The van der Waals surface area contributed by atoms with E-state index in [9.17, 15) is 23.1 Å². The lowest BCUT2D eigenvalue weighted by Crippen LogP contribution is -2.48. The van der Waals surface area contributed by atoms with Crippen molar-refractivity contribution in [2.45, 2.75) is 23.8 Å². The number of nitrogens with zero attached hydrogens (tertiary/aromatic N) is 3. The third-order valence-corrected chi connectivity index (χ3v) is 8.25. The standard InChI is InChI=1S/C24H25Cl2N7O5S/c1-33-20-12-14(7-8-15(20)18(31-33)6-3-9-27-24-28-10-11-29-24)22(34)30-13-19(23(35)36)32-39(37,38)21-16(25)4-2-5-17(21)26/h2,4-5,7-8,10-12,19,32H,3,6,9,13H2,1H3,(H,30,34)(H,35,36)(H2,27,28,29). The first-order valence-corrected chi connectivity index (χ1v) is 14.0. The molecule has 0 saturated heterocycles. The van der Waals surface area contributed by atoms with E-state index >= 15 is 0 Å². The van der Waals surface area contributed by atoms with E-state index in [-0.39, 0.29) is 15.6 Å². The minimum Gasteiger partial charge on any atom is -0.480 e. The van der Waals surface area contributed by atoms with Gasteiger partial charge in [0.25, 0.3) is 5.91 Å². The molecule has 0 aliphatic heterocycles. The first-order chi connectivity index (χ1) is 18.6. The summed E-state index contributed by atoms with van der Waals surface area (Å²) in [6.07, 6.45) is 4.91. The molecule has 5 N–H and O–H groups in total. The summed E-state index contributed by atoms with van der Waals surface area (Å²) in [5, 5.41) is 20.3. The Bertz CT molecular complexity index is 1590. The van der Waals surface area contributed by atoms with Crippen molar-refractivity contribution >= 4 is 62.0 Å². The van der Waals surface area contributed by atoms with Crippen LogP contribution in [0, 0.1) is 0 Å². The highest BCUT2D eigenvalue weighted by Gasteiger charge is 2.29. The van der Waals surface area contributed by atoms with Crippen molar-refractivity contribution in [3.63, 3.8) is 0 Å². The van der Waals surface area contributed by atoms with Crippen LogP contribution in [0.15, 0.2) is 53.7 Å². The van der Waals surface area contributed by atoms with Gasteiger partial charge in [0.2, 0.25) is 10.0 Å². The second-order valence-electron chi connectivity index (χ2n) is 8.54. The molecular weight excluding hydrogens is 569 g/mol. The quantitative estimate of drug-likeness (QED) is 0.156. The number of imidazole rings is 1. The van der Waals surface area contributed by atoms with Gasteiger partial charge in [0.05, 0.1) is 21.3 Å². The Kier molecular flexibility index (Phi) is 8.75. The summed E-state index contributed by atoms with van der Waals surface area (Å²) < 4.78 is 29.2. The van der Waals surface area contributed by atoms with Gasteiger partial charge in [-0.3, -0.25) is 14.3 Å². The van der Waals surface area contributed by atoms with Crippen LogP contribution in [0.1, 0.15) is 22.5 Å². The SMILES string of the molecule is Cn1nc(CCCNc2ncc[nH]2)c2ccc(C(=O)NCC(NS(=O)(=O)c3c(Cl)cccc3Cl)C(=O)O)cc21. The first kappa shape index (κ1) is 28.4. The van der Waals surface area contributed by atoms with E-state index in [1.165, 1.54) is 18.2 Å². The number of rotatable bonds is 12. The van der Waals surface area contributed by atoms with Crippen LogP contribution in [0.5, 0.6) is 0 Å². The molecule has 0 saturated carbocycles. The van der Waals surface area contributed by atoms with E-state index in [4.69, 9.17) is 23.2 Å². The number of benzene rings is 2. The average molecular weight is 594 g/mol. The van der Waals surface area contributed by atoms with E-state index in [1.54, 1.807) is 42.3 Å². The van der Waals surface area contributed by atoms with Crippen molar-refractivity contribution in [1.82, 2.24) is 29.8 Å². The highest BCUT2D eigenvalue weighted by molar-refractivity contribution is 7.89. The molecular formula is C24H25Cl2N7O5S. The number of sulfonamides is 1. The summed E-state index contributed by atoms with van der Waals surface area (Å²) >= 11 is 11.9. The van der Waals surface area contributed by atoms with Crippen LogP contribution in [-0.2, 0) is 28.3 Å². The van der Waals surface area contributed by atoms with Gasteiger partial charge >= 0.3 is 5.97 Å². The zero-order valence-electron chi connectivity index (χ0n) is 20.6. The summed E-state index contributed by atoms with van der Waals surface area (Å²) in [5.41, 5.74) is 1.86. The number of aryl methyl sites for hydroxylation is 2. The molecule has 0 spiro atoms. The Morgan fingerprint density at radius 3 is 2.59 bits per heavy atom. The fourth-order valence-corrected chi connectivity index (χ4v) is 6.28. The number of carboxylic acid groups (broad SMARTS) is 1. The molecule has 1 amide bonds. The molecule has 12 nitrogen and oxygen atoms in total. The number of carboxylic acids is 1. The maximum atomic E-state index is 12.8. The normalized spacial score (nSPS) is 12.4. The van der Waals surface area contributed by atoms with Crippen molar-refractivity contribution in [3.05, 3.63) is 70.1 Å². The fourth-order valence-electron chi connectivity index (χ4n) is 3.94. The Labute approximate surface area is 233 Å². The molecule has 4 aromatic rings. The maximum absolute atomic E-state index is 12.8. The van der Waals surface area contributed by atoms with E-state index < -0.39 is 39.4 Å². The van der Waals surface area contributed by atoms with E-state index in [2.05, 4.69) is 25.7 Å². The number of aromatic nitrogens is 4. The summed E-state index contributed by atoms with van der Waals surface area (Å²) in [5.74, 6) is -1.37. The number of carbonyl (C=O) groups is 2. The number of hydrogen-bond donors (Lipinski definition) is 5. The topological polar surface area (TPSA) is 171 Å². The van der Waals surface area contributed by atoms with Crippen LogP contribution in [0.2, 0.25) is 10.0 Å². The Hall–Kier alpha value is -3.65. The highest BCUT2D eigenvalue weighted by Crippen LogP contribution is 2.29. The molecule has 0 aliphatic rings. The van der Waals surface area contributed by atoms with Gasteiger partial charge in [0.15, 0.2) is 5.95 Å². The zero-order valence-corrected chi connectivity index (χ0v) is 22.9. The van der Waals surface area contributed by atoms with E-state index in [0.717, 1.165) is 23.0 Å². The van der Waals surface area contributed by atoms with Crippen molar-refractivity contribution in [3.8, 4) is 0 Å². The van der Waals surface area contributed by atoms with Crippen molar-refractivity contribution < 1.29 is 23.1 Å². The molecule has 2 heterocycles. The Morgan fingerprint density at radius 2 is 1.92 bits per heavy atom. The van der Waals surface area contributed by atoms with Crippen molar-refractivity contribution in [1.29, 1.82) is 0 Å². The minimum absolute atomic E-state index is 0.166. The number of nitrogens with one attached hydrogen (secondary N) is 4. The predicted octanol–water partition coefficient (Wildman–Crippen LogP) is 2.81. The molecule has 2 aromatic heterocycles. The third-order valence-electron chi connectivity index (χ3n) is 5.82. The summed E-state index contributed by atoms with van der Waals surface area (Å²) in [4.78, 5) is 31.2. The molecule has 2 aromatic carbocycles. The molecule has 1 unspecified atom stereocenters.